The fourth-order valence-electron chi connectivity index (χ4n) is 2.29. The molecule has 0 aliphatic carbocycles. The maximum atomic E-state index is 9.56. The number of nitrogens with zero attached hydrogens (tertiary/aromatic N) is 2. The smallest absolute Gasteiger partial charge is 0.0611 e. The summed E-state index contributed by atoms with van der Waals surface area (Å²) in [6, 6.07) is 6.41. The van der Waals surface area contributed by atoms with E-state index in [4.69, 9.17) is 0 Å². The van der Waals surface area contributed by atoms with E-state index in [1.54, 1.807) is 0 Å². The van der Waals surface area contributed by atoms with Crippen LogP contribution in [0.5, 0.6) is 0 Å². The number of aromatic nitrogens is 1. The van der Waals surface area contributed by atoms with Crippen LogP contribution in [0.4, 0.5) is 0 Å². The number of nitrogens with one attached hydrogen (secondary N) is 1. The lowest BCUT2D eigenvalue weighted by molar-refractivity contribution is 0.143. The Bertz CT molecular complexity index is 369. The highest BCUT2D eigenvalue weighted by molar-refractivity contribution is 5.03. The summed E-state index contributed by atoms with van der Waals surface area (Å²) in [4.78, 5) is 6.63. The zero-order chi connectivity index (χ0) is 15.0. The third-order valence-corrected chi connectivity index (χ3v) is 3.51. The Morgan fingerprint density at radius 2 is 2.10 bits per heavy atom. The topological polar surface area (TPSA) is 48.4 Å². The molecule has 1 aromatic heterocycles. The molecule has 20 heavy (non-hydrogen) atoms. The first-order valence-corrected chi connectivity index (χ1v) is 7.42. The molecule has 1 atom stereocenters. The molecule has 0 saturated heterocycles. The average Bonchev–Trinajstić information content (AvgIpc) is 2.43. The molecule has 0 aromatic carbocycles. The molecule has 1 aromatic rings. The Morgan fingerprint density at radius 3 is 2.65 bits per heavy atom. The minimum atomic E-state index is -0.201. The molecule has 0 radical (unpaired) electrons. The average molecular weight is 279 g/mol. The van der Waals surface area contributed by atoms with Crippen molar-refractivity contribution in [3.63, 3.8) is 0 Å². The van der Waals surface area contributed by atoms with Crippen molar-refractivity contribution in [2.45, 2.75) is 45.2 Å². The van der Waals surface area contributed by atoms with E-state index >= 15 is 0 Å². The Morgan fingerprint density at radius 1 is 1.35 bits per heavy atom. The molecule has 4 nitrogen and oxygen atoms in total. The van der Waals surface area contributed by atoms with E-state index in [2.05, 4.69) is 49.1 Å². The second-order valence-electron chi connectivity index (χ2n) is 6.14. The fourth-order valence-corrected chi connectivity index (χ4v) is 2.29. The van der Waals surface area contributed by atoms with Gasteiger partial charge in [-0.25, -0.2) is 0 Å². The lowest BCUT2D eigenvalue weighted by Crippen LogP contribution is -2.50. The summed E-state index contributed by atoms with van der Waals surface area (Å²) in [5, 5.41) is 13.0. The summed E-state index contributed by atoms with van der Waals surface area (Å²) in [5.74, 6) is 0. The maximum absolute atomic E-state index is 9.56. The van der Waals surface area contributed by atoms with E-state index in [-0.39, 0.29) is 12.1 Å². The van der Waals surface area contributed by atoms with Crippen LogP contribution >= 0.6 is 0 Å². The van der Waals surface area contributed by atoms with Gasteiger partial charge in [-0.15, -0.1) is 0 Å². The maximum Gasteiger partial charge on any atom is 0.0611 e. The summed E-state index contributed by atoms with van der Waals surface area (Å²) in [5.41, 5.74) is 0.928. The van der Waals surface area contributed by atoms with Crippen molar-refractivity contribution in [1.82, 2.24) is 15.2 Å². The molecule has 0 bridgehead atoms. The van der Waals surface area contributed by atoms with Gasteiger partial charge in [-0.05, 0) is 39.1 Å². The van der Waals surface area contributed by atoms with E-state index in [0.717, 1.165) is 31.6 Å². The summed E-state index contributed by atoms with van der Waals surface area (Å²) < 4.78 is 0. The van der Waals surface area contributed by atoms with Crippen molar-refractivity contribution in [2.24, 2.45) is 0 Å². The minimum absolute atomic E-state index is 0.166. The molecular weight excluding hydrogens is 250 g/mol. The van der Waals surface area contributed by atoms with Crippen LogP contribution in [0.3, 0.4) is 0 Å². The van der Waals surface area contributed by atoms with Gasteiger partial charge in [0.25, 0.3) is 0 Å². The van der Waals surface area contributed by atoms with Gasteiger partial charge in [-0.3, -0.25) is 4.98 Å². The van der Waals surface area contributed by atoms with E-state index in [9.17, 15) is 5.11 Å². The van der Waals surface area contributed by atoms with Gasteiger partial charge in [0.05, 0.1) is 6.61 Å². The normalized spacial score (nSPS) is 14.8. The monoisotopic (exact) mass is 279 g/mol. The molecular formula is C16H29N3O. The van der Waals surface area contributed by atoms with Gasteiger partial charge in [0, 0.05) is 36.4 Å². The van der Waals surface area contributed by atoms with E-state index < -0.39 is 0 Å². The zero-order valence-corrected chi connectivity index (χ0v) is 13.3. The van der Waals surface area contributed by atoms with E-state index in [0.29, 0.717) is 6.04 Å². The highest BCUT2D eigenvalue weighted by Gasteiger charge is 2.23. The SMILES string of the molecule is CC(C)NC(C)(CO)CCN(C)CCc1ccccn1. The lowest BCUT2D eigenvalue weighted by Gasteiger charge is -2.32. The Kier molecular flexibility index (Phi) is 7.13. The minimum Gasteiger partial charge on any atom is -0.394 e. The van der Waals surface area contributed by atoms with Gasteiger partial charge >= 0.3 is 0 Å². The van der Waals surface area contributed by atoms with Gasteiger partial charge in [0.2, 0.25) is 0 Å². The quantitative estimate of drug-likeness (QED) is 0.722. The summed E-state index contributed by atoms with van der Waals surface area (Å²) in [6.45, 7) is 8.42. The Hall–Kier alpha value is -0.970. The number of aliphatic hydroxyl groups is 1. The molecule has 1 unspecified atom stereocenters. The van der Waals surface area contributed by atoms with Gasteiger partial charge in [0.15, 0.2) is 0 Å². The summed E-state index contributed by atoms with van der Waals surface area (Å²) in [6.07, 6.45) is 3.73. The first-order chi connectivity index (χ1) is 9.45. The van der Waals surface area contributed by atoms with Crippen molar-refractivity contribution < 1.29 is 5.11 Å². The van der Waals surface area contributed by atoms with Gasteiger partial charge in [-0.1, -0.05) is 19.9 Å². The molecule has 0 aliphatic rings. The van der Waals surface area contributed by atoms with Gasteiger partial charge < -0.3 is 15.3 Å². The first-order valence-electron chi connectivity index (χ1n) is 7.42. The van der Waals surface area contributed by atoms with Crippen LogP contribution < -0.4 is 5.32 Å². The lowest BCUT2D eigenvalue weighted by atomic mass is 9.97. The molecule has 1 rings (SSSR count). The Balaban J connectivity index is 2.33. The van der Waals surface area contributed by atoms with Crippen LogP contribution in [0, 0.1) is 0 Å². The van der Waals surface area contributed by atoms with Crippen LogP contribution in [0.15, 0.2) is 24.4 Å². The van der Waals surface area contributed by atoms with Crippen molar-refractivity contribution in [3.8, 4) is 0 Å². The Labute approximate surface area is 123 Å². The number of pyridine rings is 1. The van der Waals surface area contributed by atoms with Crippen molar-refractivity contribution in [3.05, 3.63) is 30.1 Å². The molecule has 114 valence electrons. The van der Waals surface area contributed by atoms with Gasteiger partial charge in [0.1, 0.15) is 0 Å². The molecule has 0 fully saturated rings. The van der Waals surface area contributed by atoms with Crippen molar-refractivity contribution >= 4 is 0 Å². The number of likely N-dealkylation sites (N-methyl/N-ethyl adjacent to an activating group) is 1. The van der Waals surface area contributed by atoms with Crippen molar-refractivity contribution in [2.75, 3.05) is 26.7 Å². The van der Waals surface area contributed by atoms with Crippen LogP contribution in [0.2, 0.25) is 0 Å². The predicted molar refractivity (Wildman–Crippen MR) is 83.8 cm³/mol. The number of hydrogen-bond acceptors (Lipinski definition) is 4. The molecule has 0 saturated carbocycles. The fraction of sp³-hybridized carbons (Fsp3) is 0.688. The summed E-state index contributed by atoms with van der Waals surface area (Å²) in [7, 11) is 2.12. The molecule has 1 heterocycles. The second kappa shape index (κ2) is 8.35. The van der Waals surface area contributed by atoms with Crippen LogP contribution in [-0.2, 0) is 6.42 Å². The third-order valence-electron chi connectivity index (χ3n) is 3.51. The second-order valence-corrected chi connectivity index (χ2v) is 6.14. The molecule has 0 amide bonds. The third kappa shape index (κ3) is 6.46. The summed E-state index contributed by atoms with van der Waals surface area (Å²) >= 11 is 0. The molecule has 4 heteroatoms. The number of hydrogen-bond donors (Lipinski definition) is 2. The van der Waals surface area contributed by atoms with Crippen LogP contribution in [0.25, 0.3) is 0 Å². The molecule has 0 aliphatic heterocycles. The number of rotatable bonds is 9. The molecule has 2 N–H and O–H groups in total. The number of aliphatic hydroxyl groups excluding tert-OH is 1. The van der Waals surface area contributed by atoms with Crippen molar-refractivity contribution in [1.29, 1.82) is 0 Å². The van der Waals surface area contributed by atoms with Gasteiger partial charge in [-0.2, -0.15) is 0 Å². The van der Waals surface area contributed by atoms with Crippen LogP contribution in [0.1, 0.15) is 32.9 Å². The van der Waals surface area contributed by atoms with E-state index in [1.165, 1.54) is 0 Å². The van der Waals surface area contributed by atoms with Crippen LogP contribution in [-0.4, -0.2) is 53.3 Å². The molecule has 0 spiro atoms. The standard InChI is InChI=1S/C16H29N3O/c1-14(2)18-16(3,13-20)9-12-19(4)11-8-15-7-5-6-10-17-15/h5-7,10,14,18,20H,8-9,11-13H2,1-4H3. The highest BCUT2D eigenvalue weighted by atomic mass is 16.3. The highest BCUT2D eigenvalue weighted by Crippen LogP contribution is 2.11. The first kappa shape index (κ1) is 17.1. The van der Waals surface area contributed by atoms with E-state index in [1.807, 2.05) is 18.3 Å². The predicted octanol–water partition coefficient (Wildman–Crippen LogP) is 1.69. The zero-order valence-electron chi connectivity index (χ0n) is 13.3. The largest absolute Gasteiger partial charge is 0.394 e.